The minimum atomic E-state index is -3.28. The topological polar surface area (TPSA) is 52.7 Å². The van der Waals surface area contributed by atoms with E-state index in [1.54, 1.807) is 11.4 Å². The summed E-state index contributed by atoms with van der Waals surface area (Å²) in [5.74, 6) is 0. The highest BCUT2D eigenvalue weighted by Crippen LogP contribution is 2.17. The largest absolute Gasteiger partial charge is 0.316 e. The minimum Gasteiger partial charge on any atom is -0.316 e. The molecule has 1 rings (SSSR count). The Hall–Kier alpha value is -0.170. The molecule has 6 heteroatoms. The summed E-state index contributed by atoms with van der Waals surface area (Å²) in [7, 11) is 0.246. The number of likely N-dealkylation sites (N-methyl/N-ethyl adjacent to an activating group) is 1. The van der Waals surface area contributed by atoms with Gasteiger partial charge in [0, 0.05) is 32.2 Å². The van der Waals surface area contributed by atoms with Crippen molar-refractivity contribution >= 4 is 10.2 Å². The molecule has 0 saturated carbocycles. The van der Waals surface area contributed by atoms with Crippen LogP contribution in [0.25, 0.3) is 0 Å². The number of hydrogen-bond donors (Lipinski definition) is 1. The summed E-state index contributed by atoms with van der Waals surface area (Å²) in [6.45, 7) is 4.99. The number of rotatable bonds is 4. The highest BCUT2D eigenvalue weighted by molar-refractivity contribution is 7.86. The van der Waals surface area contributed by atoms with E-state index in [0.717, 1.165) is 12.8 Å². The van der Waals surface area contributed by atoms with Crippen LogP contribution in [0.1, 0.15) is 26.7 Å². The summed E-state index contributed by atoms with van der Waals surface area (Å²) in [4.78, 5) is 0. The number of hydrogen-bond acceptors (Lipinski definition) is 3. The lowest BCUT2D eigenvalue weighted by Gasteiger charge is -2.35. The Bertz CT molecular complexity index is 316. The molecule has 16 heavy (non-hydrogen) atoms. The minimum absolute atomic E-state index is 0.0000350. The molecule has 0 spiro atoms. The second kappa shape index (κ2) is 5.44. The molecule has 1 fully saturated rings. The summed E-state index contributed by atoms with van der Waals surface area (Å²) < 4.78 is 27.4. The highest BCUT2D eigenvalue weighted by atomic mass is 32.2. The lowest BCUT2D eigenvalue weighted by atomic mass is 10.1. The van der Waals surface area contributed by atoms with Gasteiger partial charge in [0.25, 0.3) is 10.2 Å². The Labute approximate surface area is 99.0 Å². The lowest BCUT2D eigenvalue weighted by Crippen LogP contribution is -2.52. The van der Waals surface area contributed by atoms with Gasteiger partial charge in [-0.15, -0.1) is 0 Å². The molecule has 1 heterocycles. The van der Waals surface area contributed by atoms with Crippen molar-refractivity contribution in [2.24, 2.45) is 0 Å². The average Bonchev–Trinajstić information content (AvgIpc) is 2.27. The zero-order valence-corrected chi connectivity index (χ0v) is 11.4. The third kappa shape index (κ3) is 2.94. The van der Waals surface area contributed by atoms with E-state index in [4.69, 9.17) is 0 Å². The number of nitrogens with one attached hydrogen (secondary N) is 1. The van der Waals surface area contributed by atoms with Crippen LogP contribution < -0.4 is 5.32 Å². The Morgan fingerprint density at radius 3 is 2.56 bits per heavy atom. The van der Waals surface area contributed by atoms with E-state index in [-0.39, 0.29) is 12.1 Å². The van der Waals surface area contributed by atoms with E-state index < -0.39 is 10.2 Å². The molecule has 0 bridgehead atoms. The predicted octanol–water partition coefficient (Wildman–Crippen LogP) is 0.255. The van der Waals surface area contributed by atoms with Gasteiger partial charge in [-0.3, -0.25) is 0 Å². The zero-order chi connectivity index (χ0) is 12.3. The van der Waals surface area contributed by atoms with Gasteiger partial charge in [-0.2, -0.15) is 17.0 Å². The van der Waals surface area contributed by atoms with E-state index in [0.29, 0.717) is 13.1 Å². The molecular weight excluding hydrogens is 226 g/mol. The molecule has 0 aromatic heterocycles. The molecule has 0 amide bonds. The van der Waals surface area contributed by atoms with Crippen molar-refractivity contribution in [1.82, 2.24) is 13.9 Å². The molecule has 1 atom stereocenters. The van der Waals surface area contributed by atoms with Crippen LogP contribution in [-0.4, -0.2) is 56.3 Å². The molecular formula is C10H23N3O2S. The SMILES string of the molecule is CNC1CCCN(S(=O)(=O)N(C)C(C)C)C1. The van der Waals surface area contributed by atoms with E-state index >= 15 is 0 Å². The van der Waals surface area contributed by atoms with Gasteiger partial charge >= 0.3 is 0 Å². The second-order valence-corrected chi connectivity index (χ2v) is 6.59. The van der Waals surface area contributed by atoms with Crippen molar-refractivity contribution in [3.05, 3.63) is 0 Å². The van der Waals surface area contributed by atoms with E-state index in [1.165, 1.54) is 4.31 Å². The fraction of sp³-hybridized carbons (Fsp3) is 1.00. The van der Waals surface area contributed by atoms with Crippen molar-refractivity contribution in [3.63, 3.8) is 0 Å². The Morgan fingerprint density at radius 1 is 1.44 bits per heavy atom. The second-order valence-electron chi connectivity index (χ2n) is 4.60. The van der Waals surface area contributed by atoms with Gasteiger partial charge in [0.15, 0.2) is 0 Å². The predicted molar refractivity (Wildman–Crippen MR) is 65.5 cm³/mol. The van der Waals surface area contributed by atoms with Crippen LogP contribution >= 0.6 is 0 Å². The summed E-state index contributed by atoms with van der Waals surface area (Å²) >= 11 is 0. The molecule has 0 aromatic carbocycles. The molecule has 1 saturated heterocycles. The van der Waals surface area contributed by atoms with E-state index in [1.807, 2.05) is 20.9 Å². The summed E-state index contributed by atoms with van der Waals surface area (Å²) in [5, 5.41) is 3.15. The Morgan fingerprint density at radius 2 is 2.06 bits per heavy atom. The first-order valence-corrected chi connectivity index (χ1v) is 7.19. The van der Waals surface area contributed by atoms with Crippen LogP contribution in [0.4, 0.5) is 0 Å². The normalized spacial score (nSPS) is 24.2. The third-order valence-electron chi connectivity index (χ3n) is 3.21. The first kappa shape index (κ1) is 13.9. The van der Waals surface area contributed by atoms with Gasteiger partial charge in [0.05, 0.1) is 0 Å². The van der Waals surface area contributed by atoms with Crippen LogP contribution in [0.2, 0.25) is 0 Å². The van der Waals surface area contributed by atoms with Gasteiger partial charge in [0.1, 0.15) is 0 Å². The van der Waals surface area contributed by atoms with Crippen molar-refractivity contribution in [3.8, 4) is 0 Å². The van der Waals surface area contributed by atoms with E-state index in [9.17, 15) is 8.42 Å². The molecule has 1 aliphatic rings. The first-order chi connectivity index (χ1) is 7.39. The first-order valence-electron chi connectivity index (χ1n) is 5.80. The molecule has 96 valence electrons. The van der Waals surface area contributed by atoms with Crippen molar-refractivity contribution in [2.45, 2.75) is 38.8 Å². The van der Waals surface area contributed by atoms with Gasteiger partial charge in [-0.25, -0.2) is 0 Å². The summed E-state index contributed by atoms with van der Waals surface area (Å²) in [6.07, 6.45) is 1.98. The number of piperidine rings is 1. The van der Waals surface area contributed by atoms with Gasteiger partial charge < -0.3 is 5.32 Å². The third-order valence-corrected chi connectivity index (χ3v) is 5.34. The van der Waals surface area contributed by atoms with Crippen LogP contribution in [0.5, 0.6) is 0 Å². The molecule has 0 aromatic rings. The maximum Gasteiger partial charge on any atom is 0.282 e. The van der Waals surface area contributed by atoms with Crippen molar-refractivity contribution < 1.29 is 8.42 Å². The van der Waals surface area contributed by atoms with Crippen LogP contribution in [0, 0.1) is 0 Å². The fourth-order valence-corrected chi connectivity index (χ4v) is 3.46. The molecule has 5 nitrogen and oxygen atoms in total. The molecule has 0 radical (unpaired) electrons. The standard InChI is InChI=1S/C10H23N3O2S/c1-9(2)12(4)16(14,15)13-7-5-6-10(8-13)11-3/h9-11H,5-8H2,1-4H3. The van der Waals surface area contributed by atoms with Crippen LogP contribution in [0.15, 0.2) is 0 Å². The molecule has 0 aliphatic carbocycles. The van der Waals surface area contributed by atoms with E-state index in [2.05, 4.69) is 5.32 Å². The fourth-order valence-electron chi connectivity index (χ4n) is 1.84. The Balaban J connectivity index is 2.75. The summed E-state index contributed by atoms with van der Waals surface area (Å²) in [5.41, 5.74) is 0. The average molecular weight is 249 g/mol. The summed E-state index contributed by atoms with van der Waals surface area (Å²) in [6, 6.07) is 0.282. The lowest BCUT2D eigenvalue weighted by molar-refractivity contribution is 0.266. The van der Waals surface area contributed by atoms with Crippen LogP contribution in [-0.2, 0) is 10.2 Å². The zero-order valence-electron chi connectivity index (χ0n) is 10.6. The quantitative estimate of drug-likeness (QED) is 0.777. The maximum absolute atomic E-state index is 12.2. The maximum atomic E-state index is 12.2. The molecule has 1 aliphatic heterocycles. The van der Waals surface area contributed by atoms with Gasteiger partial charge in [-0.1, -0.05) is 0 Å². The smallest absolute Gasteiger partial charge is 0.282 e. The Kier molecular flexibility index (Phi) is 4.73. The van der Waals surface area contributed by atoms with Gasteiger partial charge in [-0.05, 0) is 33.7 Å². The van der Waals surface area contributed by atoms with Crippen LogP contribution in [0.3, 0.4) is 0 Å². The number of nitrogens with zero attached hydrogens (tertiary/aromatic N) is 2. The highest BCUT2D eigenvalue weighted by Gasteiger charge is 2.32. The molecule has 1 N–H and O–H groups in total. The van der Waals surface area contributed by atoms with Gasteiger partial charge in [0.2, 0.25) is 0 Å². The van der Waals surface area contributed by atoms with Crippen molar-refractivity contribution in [1.29, 1.82) is 0 Å². The van der Waals surface area contributed by atoms with Crippen molar-refractivity contribution in [2.75, 3.05) is 27.2 Å². The monoisotopic (exact) mass is 249 g/mol. The molecule has 1 unspecified atom stereocenters.